The molecule has 1 aromatic carbocycles. The Kier molecular flexibility index (Phi) is 4.17. The van der Waals surface area contributed by atoms with Gasteiger partial charge in [-0.15, -0.1) is 0 Å². The summed E-state index contributed by atoms with van der Waals surface area (Å²) in [6, 6.07) is 4.43. The molecule has 4 heteroatoms. The number of carbonyl (C=O) groups is 1. The molecule has 0 aromatic heterocycles. The number of nitrogens with zero attached hydrogens (tertiary/aromatic N) is 1. The highest BCUT2D eigenvalue weighted by Crippen LogP contribution is 2.35. The molecule has 0 bridgehead atoms. The molecule has 1 aliphatic rings. The van der Waals surface area contributed by atoms with Crippen molar-refractivity contribution in [3.63, 3.8) is 0 Å². The molecule has 1 N–H and O–H groups in total. The summed E-state index contributed by atoms with van der Waals surface area (Å²) < 4.78 is 5.56. The molecule has 0 spiro atoms. The van der Waals surface area contributed by atoms with E-state index in [1.54, 1.807) is 4.90 Å². The number of nitrogens with one attached hydrogen (secondary N) is 1. The van der Waals surface area contributed by atoms with E-state index in [9.17, 15) is 4.79 Å². The van der Waals surface area contributed by atoms with Crippen LogP contribution in [0.1, 0.15) is 45.2 Å². The first-order chi connectivity index (χ1) is 9.71. The Morgan fingerprint density at radius 1 is 1.33 bits per heavy atom. The molecular formula is C17H26N2O2. The molecule has 1 atom stereocenters. The summed E-state index contributed by atoms with van der Waals surface area (Å²) >= 11 is 0. The SMILES string of the molecule is CCC1CN(C(=O)OC(C)(C)C)c2cc(C)c(C)cc2N1. The normalized spacial score (nSPS) is 18.0. The number of fused-ring (bicyclic) bond motifs is 1. The third kappa shape index (κ3) is 3.49. The maximum atomic E-state index is 12.5. The summed E-state index contributed by atoms with van der Waals surface area (Å²) in [6.45, 7) is 12.6. The van der Waals surface area contributed by atoms with Gasteiger partial charge in [-0.3, -0.25) is 4.90 Å². The van der Waals surface area contributed by atoms with E-state index >= 15 is 0 Å². The van der Waals surface area contributed by atoms with E-state index < -0.39 is 5.60 Å². The number of aryl methyl sites for hydroxylation is 2. The lowest BCUT2D eigenvalue weighted by molar-refractivity contribution is 0.0577. The molecule has 0 fully saturated rings. The minimum atomic E-state index is -0.483. The van der Waals surface area contributed by atoms with E-state index in [1.807, 2.05) is 20.8 Å². The fraction of sp³-hybridized carbons (Fsp3) is 0.588. The Morgan fingerprint density at radius 3 is 2.52 bits per heavy atom. The predicted molar refractivity (Wildman–Crippen MR) is 87.2 cm³/mol. The summed E-state index contributed by atoms with van der Waals surface area (Å²) in [7, 11) is 0. The molecular weight excluding hydrogens is 264 g/mol. The van der Waals surface area contributed by atoms with Crippen LogP contribution in [-0.4, -0.2) is 24.3 Å². The van der Waals surface area contributed by atoms with Crippen LogP contribution in [0.4, 0.5) is 16.2 Å². The fourth-order valence-corrected chi connectivity index (χ4v) is 2.45. The third-order valence-corrected chi connectivity index (χ3v) is 3.77. The third-order valence-electron chi connectivity index (χ3n) is 3.77. The van der Waals surface area contributed by atoms with Crippen molar-refractivity contribution in [3.8, 4) is 0 Å². The zero-order valence-corrected chi connectivity index (χ0v) is 13.9. The van der Waals surface area contributed by atoms with Crippen LogP contribution in [0.5, 0.6) is 0 Å². The predicted octanol–water partition coefficient (Wildman–Crippen LogP) is 4.25. The van der Waals surface area contributed by atoms with Gasteiger partial charge in [0.1, 0.15) is 5.60 Å². The molecule has 0 aliphatic carbocycles. The van der Waals surface area contributed by atoms with Crippen molar-refractivity contribution >= 4 is 17.5 Å². The molecule has 0 saturated carbocycles. The first kappa shape index (κ1) is 15.7. The number of amides is 1. The van der Waals surface area contributed by atoms with Gasteiger partial charge in [0, 0.05) is 12.6 Å². The van der Waals surface area contributed by atoms with E-state index in [0.29, 0.717) is 6.54 Å². The lowest BCUT2D eigenvalue weighted by Gasteiger charge is -2.37. The van der Waals surface area contributed by atoms with Crippen LogP contribution < -0.4 is 10.2 Å². The van der Waals surface area contributed by atoms with Gasteiger partial charge in [0.25, 0.3) is 0 Å². The van der Waals surface area contributed by atoms with Crippen LogP contribution in [0.25, 0.3) is 0 Å². The number of hydrogen-bond acceptors (Lipinski definition) is 3. The van der Waals surface area contributed by atoms with Crippen molar-refractivity contribution in [3.05, 3.63) is 23.3 Å². The van der Waals surface area contributed by atoms with Crippen molar-refractivity contribution in [1.29, 1.82) is 0 Å². The standard InChI is InChI=1S/C17H26N2O2/c1-7-13-10-19(16(20)21-17(4,5)6)15-9-12(3)11(2)8-14(15)18-13/h8-9,13,18H,7,10H2,1-6H3. The van der Waals surface area contributed by atoms with Crippen LogP contribution in [0.2, 0.25) is 0 Å². The fourth-order valence-electron chi connectivity index (χ4n) is 2.45. The quantitative estimate of drug-likeness (QED) is 0.840. The smallest absolute Gasteiger partial charge is 0.414 e. The first-order valence-corrected chi connectivity index (χ1v) is 7.59. The highest BCUT2D eigenvalue weighted by molar-refractivity contribution is 5.94. The van der Waals surface area contributed by atoms with Gasteiger partial charge in [0.2, 0.25) is 0 Å². The average Bonchev–Trinajstić information content (AvgIpc) is 2.37. The summed E-state index contributed by atoms with van der Waals surface area (Å²) in [5.41, 5.74) is 3.85. The highest BCUT2D eigenvalue weighted by Gasteiger charge is 2.31. The number of anilines is 2. The Balaban J connectivity index is 2.38. The Labute approximate surface area is 127 Å². The molecule has 116 valence electrons. The van der Waals surface area contributed by atoms with E-state index in [2.05, 4.69) is 38.2 Å². The number of ether oxygens (including phenoxy) is 1. The number of rotatable bonds is 1. The maximum absolute atomic E-state index is 12.5. The second kappa shape index (κ2) is 5.58. The lowest BCUT2D eigenvalue weighted by atomic mass is 10.0. The van der Waals surface area contributed by atoms with Crippen molar-refractivity contribution in [2.75, 3.05) is 16.8 Å². The van der Waals surface area contributed by atoms with Gasteiger partial charge in [-0.25, -0.2) is 4.79 Å². The number of hydrogen-bond donors (Lipinski definition) is 1. The van der Waals surface area contributed by atoms with E-state index in [1.165, 1.54) is 11.1 Å². The van der Waals surface area contributed by atoms with Crippen LogP contribution in [0.3, 0.4) is 0 Å². The zero-order chi connectivity index (χ0) is 15.8. The summed E-state index contributed by atoms with van der Waals surface area (Å²) in [4.78, 5) is 14.3. The summed E-state index contributed by atoms with van der Waals surface area (Å²) in [5, 5.41) is 3.51. The molecule has 1 unspecified atom stereocenters. The van der Waals surface area contributed by atoms with Gasteiger partial charge in [-0.2, -0.15) is 0 Å². The topological polar surface area (TPSA) is 41.6 Å². The Morgan fingerprint density at radius 2 is 1.95 bits per heavy atom. The van der Waals surface area contributed by atoms with Gasteiger partial charge in [-0.1, -0.05) is 6.92 Å². The van der Waals surface area contributed by atoms with Gasteiger partial charge >= 0.3 is 6.09 Å². The molecule has 0 radical (unpaired) electrons. The number of carbonyl (C=O) groups excluding carboxylic acids is 1. The molecule has 1 amide bonds. The largest absolute Gasteiger partial charge is 0.443 e. The van der Waals surface area contributed by atoms with E-state index in [-0.39, 0.29) is 12.1 Å². The average molecular weight is 290 g/mol. The molecule has 1 heterocycles. The Bertz CT molecular complexity index is 546. The lowest BCUT2D eigenvalue weighted by Crippen LogP contribution is -2.46. The maximum Gasteiger partial charge on any atom is 0.414 e. The second-order valence-electron chi connectivity index (χ2n) is 6.79. The Hall–Kier alpha value is -1.71. The second-order valence-corrected chi connectivity index (χ2v) is 6.79. The zero-order valence-electron chi connectivity index (χ0n) is 13.9. The van der Waals surface area contributed by atoms with Crippen LogP contribution in [0.15, 0.2) is 12.1 Å². The van der Waals surface area contributed by atoms with Gasteiger partial charge in [0.05, 0.1) is 11.4 Å². The van der Waals surface area contributed by atoms with Gasteiger partial charge in [0.15, 0.2) is 0 Å². The molecule has 1 aliphatic heterocycles. The van der Waals surface area contributed by atoms with Crippen molar-refractivity contribution < 1.29 is 9.53 Å². The molecule has 2 rings (SSSR count). The summed E-state index contributed by atoms with van der Waals surface area (Å²) in [5.74, 6) is 0. The van der Waals surface area contributed by atoms with E-state index in [4.69, 9.17) is 4.74 Å². The van der Waals surface area contributed by atoms with Crippen molar-refractivity contribution in [1.82, 2.24) is 0 Å². The van der Waals surface area contributed by atoms with Gasteiger partial charge < -0.3 is 10.1 Å². The molecule has 0 saturated heterocycles. The van der Waals surface area contributed by atoms with Crippen LogP contribution >= 0.6 is 0 Å². The van der Waals surface area contributed by atoms with Crippen molar-refractivity contribution in [2.24, 2.45) is 0 Å². The summed E-state index contributed by atoms with van der Waals surface area (Å²) in [6.07, 6.45) is 0.693. The minimum Gasteiger partial charge on any atom is -0.443 e. The first-order valence-electron chi connectivity index (χ1n) is 7.59. The highest BCUT2D eigenvalue weighted by atomic mass is 16.6. The minimum absolute atomic E-state index is 0.257. The molecule has 1 aromatic rings. The number of benzene rings is 1. The van der Waals surface area contributed by atoms with Crippen molar-refractivity contribution in [2.45, 2.75) is 59.6 Å². The monoisotopic (exact) mass is 290 g/mol. The molecule has 4 nitrogen and oxygen atoms in total. The van der Waals surface area contributed by atoms with Gasteiger partial charge in [-0.05, 0) is 64.3 Å². The molecule has 21 heavy (non-hydrogen) atoms. The van der Waals surface area contributed by atoms with Crippen LogP contribution in [-0.2, 0) is 4.74 Å². The van der Waals surface area contributed by atoms with E-state index in [0.717, 1.165) is 17.8 Å². The van der Waals surface area contributed by atoms with Crippen LogP contribution in [0, 0.1) is 13.8 Å².